The van der Waals surface area contributed by atoms with Gasteiger partial charge in [0, 0.05) is 0 Å². The predicted octanol–water partition coefficient (Wildman–Crippen LogP) is 2.15. The molecular formula is C7H13O. The Morgan fingerprint density at radius 1 is 1.62 bits per heavy atom. The van der Waals surface area contributed by atoms with Crippen molar-refractivity contribution in [3.8, 4) is 0 Å². The highest BCUT2D eigenvalue weighted by atomic mass is 16.5. The molecule has 0 fully saturated rings. The Kier molecular flexibility index (Phi) is 6.16. The highest BCUT2D eigenvalue weighted by Gasteiger charge is 1.75. The van der Waals surface area contributed by atoms with E-state index >= 15 is 0 Å². The molecule has 0 saturated carbocycles. The number of rotatable bonds is 4. The van der Waals surface area contributed by atoms with Crippen LogP contribution in [0.25, 0.3) is 0 Å². The number of methoxy groups -OCH3 is 1. The van der Waals surface area contributed by atoms with Gasteiger partial charge in [-0.25, -0.2) is 0 Å². The minimum absolute atomic E-state index is 1.01. The van der Waals surface area contributed by atoms with E-state index in [1.807, 2.05) is 6.08 Å². The van der Waals surface area contributed by atoms with Gasteiger partial charge in [-0.15, -0.1) is 0 Å². The Hall–Kier alpha value is -0.460. The summed E-state index contributed by atoms with van der Waals surface area (Å²) in [5.41, 5.74) is 0. The van der Waals surface area contributed by atoms with Crippen LogP contribution in [0.4, 0.5) is 0 Å². The summed E-state index contributed by atoms with van der Waals surface area (Å²) >= 11 is 0. The number of hydrogen-bond donors (Lipinski definition) is 0. The minimum atomic E-state index is 1.01. The second kappa shape index (κ2) is 6.54. The molecule has 0 atom stereocenters. The van der Waals surface area contributed by atoms with Crippen molar-refractivity contribution in [2.24, 2.45) is 0 Å². The Balaban J connectivity index is 2.80. The second-order valence-electron chi connectivity index (χ2n) is 1.60. The smallest absolute Gasteiger partial charge is 0.0784 e. The molecule has 1 radical (unpaired) electrons. The third-order valence-electron chi connectivity index (χ3n) is 0.853. The SMILES string of the molecule is [CH2]CCCC=COC. The lowest BCUT2D eigenvalue weighted by Gasteiger charge is -1.87. The van der Waals surface area contributed by atoms with E-state index < -0.39 is 0 Å². The van der Waals surface area contributed by atoms with E-state index in [9.17, 15) is 0 Å². The quantitative estimate of drug-likeness (QED) is 0.401. The van der Waals surface area contributed by atoms with Gasteiger partial charge in [0.15, 0.2) is 0 Å². The maximum atomic E-state index is 4.69. The fourth-order valence-corrected chi connectivity index (χ4v) is 0.426. The molecule has 0 rings (SSSR count). The third-order valence-corrected chi connectivity index (χ3v) is 0.853. The molecule has 0 aromatic heterocycles. The van der Waals surface area contributed by atoms with Crippen LogP contribution < -0.4 is 0 Å². The van der Waals surface area contributed by atoms with Gasteiger partial charge < -0.3 is 4.74 Å². The van der Waals surface area contributed by atoms with Crippen LogP contribution in [0.15, 0.2) is 12.3 Å². The summed E-state index contributed by atoms with van der Waals surface area (Å²) in [7, 11) is 1.65. The van der Waals surface area contributed by atoms with Gasteiger partial charge in [-0.2, -0.15) is 0 Å². The van der Waals surface area contributed by atoms with Gasteiger partial charge in [0.05, 0.1) is 13.4 Å². The van der Waals surface area contributed by atoms with Crippen molar-refractivity contribution in [3.05, 3.63) is 19.3 Å². The van der Waals surface area contributed by atoms with Crippen LogP contribution in [-0.2, 0) is 4.74 Å². The van der Waals surface area contributed by atoms with Gasteiger partial charge in [-0.1, -0.05) is 13.3 Å². The van der Waals surface area contributed by atoms with Crippen LogP contribution in [0, 0.1) is 6.92 Å². The summed E-state index contributed by atoms with van der Waals surface area (Å²) in [6.45, 7) is 3.71. The van der Waals surface area contributed by atoms with Crippen molar-refractivity contribution >= 4 is 0 Å². The Labute approximate surface area is 51.4 Å². The molecule has 0 amide bonds. The summed E-state index contributed by atoms with van der Waals surface area (Å²) in [4.78, 5) is 0. The molecule has 1 nitrogen and oxygen atoms in total. The zero-order valence-corrected chi connectivity index (χ0v) is 5.39. The van der Waals surface area contributed by atoms with E-state index in [1.165, 1.54) is 0 Å². The Morgan fingerprint density at radius 2 is 2.38 bits per heavy atom. The molecule has 0 aromatic rings. The van der Waals surface area contributed by atoms with Crippen molar-refractivity contribution in [2.45, 2.75) is 19.3 Å². The average molecular weight is 113 g/mol. The van der Waals surface area contributed by atoms with Gasteiger partial charge in [0.1, 0.15) is 0 Å². The van der Waals surface area contributed by atoms with Crippen molar-refractivity contribution in [2.75, 3.05) is 7.11 Å². The number of hydrogen-bond acceptors (Lipinski definition) is 1. The lowest BCUT2D eigenvalue weighted by Crippen LogP contribution is -1.68. The predicted molar refractivity (Wildman–Crippen MR) is 35.4 cm³/mol. The molecule has 0 unspecified atom stereocenters. The molecule has 0 aliphatic rings. The van der Waals surface area contributed by atoms with Crippen molar-refractivity contribution < 1.29 is 4.74 Å². The van der Waals surface area contributed by atoms with Crippen molar-refractivity contribution in [1.82, 2.24) is 0 Å². The molecule has 47 valence electrons. The van der Waals surface area contributed by atoms with Gasteiger partial charge in [0.2, 0.25) is 0 Å². The third kappa shape index (κ3) is 5.54. The Bertz CT molecular complexity index is 57.4. The van der Waals surface area contributed by atoms with Crippen LogP contribution in [0.3, 0.4) is 0 Å². The van der Waals surface area contributed by atoms with E-state index in [2.05, 4.69) is 11.7 Å². The van der Waals surface area contributed by atoms with Crippen LogP contribution in [-0.4, -0.2) is 7.11 Å². The summed E-state index contributed by atoms with van der Waals surface area (Å²) in [6.07, 6.45) is 6.95. The second-order valence-corrected chi connectivity index (χ2v) is 1.60. The molecular weight excluding hydrogens is 100 g/mol. The van der Waals surface area contributed by atoms with E-state index in [-0.39, 0.29) is 0 Å². The highest BCUT2D eigenvalue weighted by molar-refractivity contribution is 4.72. The standard InChI is InChI=1S/C7H13O/c1-3-4-5-6-7-8-2/h6-7H,1,3-5H2,2H3. The van der Waals surface area contributed by atoms with Gasteiger partial charge in [-0.05, 0) is 18.9 Å². The van der Waals surface area contributed by atoms with E-state index in [0.717, 1.165) is 19.3 Å². The minimum Gasteiger partial charge on any atom is -0.505 e. The zero-order chi connectivity index (χ0) is 6.24. The number of unbranched alkanes of at least 4 members (excludes halogenated alkanes) is 2. The van der Waals surface area contributed by atoms with Gasteiger partial charge in [0.25, 0.3) is 0 Å². The van der Waals surface area contributed by atoms with Crippen LogP contribution in [0.2, 0.25) is 0 Å². The highest BCUT2D eigenvalue weighted by Crippen LogP contribution is 1.93. The molecule has 0 spiro atoms. The summed E-state index contributed by atoms with van der Waals surface area (Å²) in [6, 6.07) is 0. The first-order valence-electron chi connectivity index (χ1n) is 2.89. The lowest BCUT2D eigenvalue weighted by atomic mass is 10.2. The van der Waals surface area contributed by atoms with Crippen LogP contribution >= 0.6 is 0 Å². The van der Waals surface area contributed by atoms with Crippen LogP contribution in [0.5, 0.6) is 0 Å². The van der Waals surface area contributed by atoms with E-state index in [4.69, 9.17) is 0 Å². The normalized spacial score (nSPS) is 10.2. The first kappa shape index (κ1) is 7.54. The monoisotopic (exact) mass is 113 g/mol. The molecule has 1 heteroatoms. The van der Waals surface area contributed by atoms with Crippen molar-refractivity contribution in [1.29, 1.82) is 0 Å². The van der Waals surface area contributed by atoms with E-state index in [1.54, 1.807) is 13.4 Å². The maximum Gasteiger partial charge on any atom is 0.0784 e. The fraction of sp³-hybridized carbons (Fsp3) is 0.571. The molecule has 0 bridgehead atoms. The summed E-state index contributed by atoms with van der Waals surface area (Å²) in [5, 5.41) is 0. The van der Waals surface area contributed by atoms with Crippen LogP contribution in [0.1, 0.15) is 19.3 Å². The molecule has 0 heterocycles. The molecule has 0 aliphatic heterocycles. The number of allylic oxidation sites excluding steroid dienone is 1. The molecule has 0 saturated heterocycles. The lowest BCUT2D eigenvalue weighted by molar-refractivity contribution is 0.336. The molecule has 0 aromatic carbocycles. The van der Waals surface area contributed by atoms with Crippen molar-refractivity contribution in [3.63, 3.8) is 0 Å². The first-order chi connectivity index (χ1) is 3.91. The maximum absolute atomic E-state index is 4.69. The largest absolute Gasteiger partial charge is 0.505 e. The first-order valence-corrected chi connectivity index (χ1v) is 2.89. The van der Waals surface area contributed by atoms with E-state index in [0.29, 0.717) is 0 Å². The summed E-state index contributed by atoms with van der Waals surface area (Å²) < 4.78 is 4.69. The van der Waals surface area contributed by atoms with Gasteiger partial charge in [-0.3, -0.25) is 0 Å². The molecule has 8 heavy (non-hydrogen) atoms. The molecule has 0 aliphatic carbocycles. The molecule has 0 N–H and O–H groups in total. The average Bonchev–Trinajstić information content (AvgIpc) is 1.81. The Morgan fingerprint density at radius 3 is 2.88 bits per heavy atom. The fourth-order valence-electron chi connectivity index (χ4n) is 0.426. The topological polar surface area (TPSA) is 9.23 Å². The summed E-state index contributed by atoms with van der Waals surface area (Å²) in [5.74, 6) is 0. The zero-order valence-electron chi connectivity index (χ0n) is 5.39. The van der Waals surface area contributed by atoms with Gasteiger partial charge >= 0.3 is 0 Å². The number of ether oxygens (including phenoxy) is 1.